The first kappa shape index (κ1) is 30.9. The fourth-order valence-electron chi connectivity index (χ4n) is 3.58. The average Bonchev–Trinajstić information content (AvgIpc) is 2.81. The van der Waals surface area contributed by atoms with Crippen molar-refractivity contribution in [1.29, 1.82) is 0 Å². The van der Waals surface area contributed by atoms with Gasteiger partial charge in [0.25, 0.3) is 0 Å². The van der Waals surface area contributed by atoms with E-state index >= 15 is 0 Å². The van der Waals surface area contributed by atoms with Crippen LogP contribution in [-0.2, 0) is 26.3 Å². The molecule has 1 atom stereocenters. The van der Waals surface area contributed by atoms with Crippen LogP contribution < -0.4 is 9.62 Å². The molecule has 0 aliphatic carbocycles. The van der Waals surface area contributed by atoms with Crippen LogP contribution in [-0.4, -0.2) is 62.7 Å². The lowest BCUT2D eigenvalue weighted by Crippen LogP contribution is -2.52. The molecule has 0 heterocycles. The number of hydrogen-bond donors (Lipinski definition) is 1. The van der Waals surface area contributed by atoms with Gasteiger partial charge in [-0.15, -0.1) is 0 Å². The predicted molar refractivity (Wildman–Crippen MR) is 150 cm³/mol. The fraction of sp³-hybridized carbons (Fsp3) is 0.462. The molecule has 2 aromatic carbocycles. The van der Waals surface area contributed by atoms with Gasteiger partial charge in [-0.1, -0.05) is 55.2 Å². The molecule has 1 unspecified atom stereocenters. The van der Waals surface area contributed by atoms with E-state index in [0.29, 0.717) is 33.4 Å². The summed E-state index contributed by atoms with van der Waals surface area (Å²) in [5.41, 5.74) is 2.38. The molecule has 0 aliphatic heterocycles. The molecule has 0 aliphatic rings. The summed E-state index contributed by atoms with van der Waals surface area (Å²) in [4.78, 5) is 28.2. The minimum atomic E-state index is -4.05. The number of nitrogens with one attached hydrogen (secondary N) is 1. The molecular weight excluding hydrogens is 535 g/mol. The zero-order valence-corrected chi connectivity index (χ0v) is 24.7. The number of benzene rings is 2. The normalized spacial score (nSPS) is 12.5. The van der Waals surface area contributed by atoms with Gasteiger partial charge in [0.1, 0.15) is 12.6 Å². The van der Waals surface area contributed by atoms with Crippen LogP contribution in [0.25, 0.3) is 0 Å². The zero-order valence-electron chi connectivity index (χ0n) is 22.4. The number of nitrogens with zero attached hydrogens (tertiary/aromatic N) is 3. The highest BCUT2D eigenvalue weighted by Crippen LogP contribution is 2.28. The van der Waals surface area contributed by atoms with E-state index < -0.39 is 28.7 Å². The number of hydrogen-bond acceptors (Lipinski definition) is 4. The topological polar surface area (TPSA) is 90.0 Å². The molecule has 0 fully saturated rings. The maximum atomic E-state index is 13.8. The molecule has 11 heteroatoms. The molecule has 0 bridgehead atoms. The Hall–Kier alpha value is -2.33. The van der Waals surface area contributed by atoms with Crippen molar-refractivity contribution in [3.8, 4) is 0 Å². The Labute approximate surface area is 230 Å². The van der Waals surface area contributed by atoms with E-state index in [1.54, 1.807) is 44.2 Å². The Kier molecular flexibility index (Phi) is 10.8. The highest BCUT2D eigenvalue weighted by atomic mass is 35.5. The minimum Gasteiger partial charge on any atom is -0.354 e. The molecule has 1 N–H and O–H groups in total. The van der Waals surface area contributed by atoms with Crippen LogP contribution in [0, 0.1) is 19.8 Å². The third-order valence-corrected chi connectivity index (χ3v) is 8.41. The molecule has 2 rings (SSSR count). The van der Waals surface area contributed by atoms with E-state index in [2.05, 4.69) is 5.32 Å². The van der Waals surface area contributed by atoms with Crippen LogP contribution in [0.5, 0.6) is 0 Å². The van der Waals surface area contributed by atoms with E-state index in [-0.39, 0.29) is 18.4 Å². The van der Waals surface area contributed by atoms with Crippen molar-refractivity contribution in [2.75, 3.05) is 31.5 Å². The summed E-state index contributed by atoms with van der Waals surface area (Å²) < 4.78 is 28.8. The van der Waals surface area contributed by atoms with Crippen molar-refractivity contribution in [1.82, 2.24) is 14.5 Å². The zero-order chi connectivity index (χ0) is 28.1. The monoisotopic (exact) mass is 570 g/mol. The highest BCUT2D eigenvalue weighted by Gasteiger charge is 2.33. The molecule has 0 saturated heterocycles. The van der Waals surface area contributed by atoms with E-state index in [4.69, 9.17) is 23.2 Å². The number of rotatable bonds is 11. The van der Waals surface area contributed by atoms with Gasteiger partial charge in [0.05, 0.1) is 5.69 Å². The van der Waals surface area contributed by atoms with Gasteiger partial charge >= 0.3 is 10.2 Å². The van der Waals surface area contributed by atoms with Crippen molar-refractivity contribution in [2.24, 2.45) is 5.92 Å². The largest absolute Gasteiger partial charge is 0.354 e. The third kappa shape index (κ3) is 7.83. The van der Waals surface area contributed by atoms with Crippen molar-refractivity contribution < 1.29 is 18.0 Å². The summed E-state index contributed by atoms with van der Waals surface area (Å²) in [6.45, 7) is 8.99. The van der Waals surface area contributed by atoms with E-state index in [9.17, 15) is 18.0 Å². The summed E-state index contributed by atoms with van der Waals surface area (Å²) in [7, 11) is -1.24. The summed E-state index contributed by atoms with van der Waals surface area (Å²) >= 11 is 12.8. The maximum absolute atomic E-state index is 13.8. The number of halogens is 2. The van der Waals surface area contributed by atoms with Gasteiger partial charge in [0.15, 0.2) is 0 Å². The Morgan fingerprint density at radius 3 is 2.14 bits per heavy atom. The molecule has 8 nitrogen and oxygen atoms in total. The molecule has 0 radical (unpaired) electrons. The summed E-state index contributed by atoms with van der Waals surface area (Å²) in [6.07, 6.45) is 0. The van der Waals surface area contributed by atoms with Gasteiger partial charge in [-0.25, -0.2) is 4.31 Å². The van der Waals surface area contributed by atoms with Gasteiger partial charge < -0.3 is 10.2 Å². The van der Waals surface area contributed by atoms with Gasteiger partial charge in [0, 0.05) is 42.8 Å². The molecule has 0 spiro atoms. The van der Waals surface area contributed by atoms with Gasteiger partial charge in [-0.05, 0) is 56.0 Å². The predicted octanol–water partition coefficient (Wildman–Crippen LogP) is 4.41. The molecular formula is C26H36Cl2N4O4S. The second kappa shape index (κ2) is 13.0. The SMILES string of the molecule is Cc1ccc(C)c(N(CC(=O)N(Cc2c(Cl)cccc2Cl)C(C)C(=O)NCC(C)C)S(=O)(=O)N(C)C)c1. The van der Waals surface area contributed by atoms with Crippen LogP contribution in [0.1, 0.15) is 37.5 Å². The number of anilines is 1. The molecule has 0 saturated carbocycles. The van der Waals surface area contributed by atoms with Crippen LogP contribution >= 0.6 is 23.2 Å². The molecule has 0 aromatic heterocycles. The van der Waals surface area contributed by atoms with Crippen molar-refractivity contribution in [3.63, 3.8) is 0 Å². The van der Waals surface area contributed by atoms with Crippen molar-refractivity contribution in [2.45, 2.75) is 47.2 Å². The Balaban J connectivity index is 2.55. The fourth-order valence-corrected chi connectivity index (χ4v) is 5.21. The lowest BCUT2D eigenvalue weighted by molar-refractivity contribution is -0.139. The Morgan fingerprint density at radius 1 is 1.00 bits per heavy atom. The first-order valence-corrected chi connectivity index (χ1v) is 14.1. The highest BCUT2D eigenvalue weighted by molar-refractivity contribution is 7.90. The first-order valence-electron chi connectivity index (χ1n) is 11.9. The number of aryl methyl sites for hydroxylation is 2. The summed E-state index contributed by atoms with van der Waals surface area (Å²) in [5, 5.41) is 3.52. The summed E-state index contributed by atoms with van der Waals surface area (Å²) in [6, 6.07) is 9.45. The number of amides is 2. The minimum absolute atomic E-state index is 0.0732. The lowest BCUT2D eigenvalue weighted by Gasteiger charge is -2.33. The molecule has 37 heavy (non-hydrogen) atoms. The van der Waals surface area contributed by atoms with E-state index in [1.165, 1.54) is 19.0 Å². The second-order valence-electron chi connectivity index (χ2n) is 9.62. The summed E-state index contributed by atoms with van der Waals surface area (Å²) in [5.74, 6) is -0.725. The number of carbonyl (C=O) groups is 2. The molecule has 2 amide bonds. The van der Waals surface area contributed by atoms with Crippen LogP contribution in [0.4, 0.5) is 5.69 Å². The van der Waals surface area contributed by atoms with Crippen LogP contribution in [0.3, 0.4) is 0 Å². The van der Waals surface area contributed by atoms with Gasteiger partial charge in [-0.3, -0.25) is 9.59 Å². The smallest absolute Gasteiger partial charge is 0.304 e. The standard InChI is InChI=1S/C26H36Cl2N4O4S/c1-17(2)14-29-26(34)20(5)31(15-21-22(27)9-8-10-23(21)28)25(33)16-32(37(35,36)30(6)7)24-13-18(3)11-12-19(24)4/h8-13,17,20H,14-16H2,1-7H3,(H,29,34). The lowest BCUT2D eigenvalue weighted by atomic mass is 10.1. The number of carbonyl (C=O) groups excluding carboxylic acids is 2. The Bertz CT molecular complexity index is 1210. The average molecular weight is 572 g/mol. The van der Waals surface area contributed by atoms with Gasteiger partial charge in [-0.2, -0.15) is 12.7 Å². The van der Waals surface area contributed by atoms with E-state index in [1.807, 2.05) is 26.8 Å². The van der Waals surface area contributed by atoms with Gasteiger partial charge in [0.2, 0.25) is 11.8 Å². The maximum Gasteiger partial charge on any atom is 0.304 e. The molecule has 2 aromatic rings. The van der Waals surface area contributed by atoms with Crippen molar-refractivity contribution in [3.05, 3.63) is 63.1 Å². The van der Waals surface area contributed by atoms with E-state index in [0.717, 1.165) is 14.2 Å². The van der Waals surface area contributed by atoms with Crippen molar-refractivity contribution >= 4 is 50.9 Å². The Morgan fingerprint density at radius 2 is 1.59 bits per heavy atom. The quantitative estimate of drug-likeness (QED) is 0.433. The second-order valence-corrected chi connectivity index (χ2v) is 12.5. The third-order valence-electron chi connectivity index (χ3n) is 5.89. The van der Waals surface area contributed by atoms with Crippen LogP contribution in [0.15, 0.2) is 36.4 Å². The first-order chi connectivity index (χ1) is 17.2. The molecule has 204 valence electrons. The van der Waals surface area contributed by atoms with Crippen LogP contribution in [0.2, 0.25) is 10.0 Å².